The van der Waals surface area contributed by atoms with Crippen molar-refractivity contribution in [1.29, 1.82) is 0 Å². The second-order valence-corrected chi connectivity index (χ2v) is 5.80. The third-order valence-corrected chi connectivity index (χ3v) is 3.99. The Hall–Kier alpha value is -3.19. The molecule has 122 valence electrons. The summed E-state index contributed by atoms with van der Waals surface area (Å²) in [5, 5.41) is 0. The van der Waals surface area contributed by atoms with Crippen molar-refractivity contribution < 1.29 is 4.79 Å². The monoisotopic (exact) mass is 324 g/mol. The molecule has 1 unspecified atom stereocenters. The Kier molecular flexibility index (Phi) is 5.73. The highest BCUT2D eigenvalue weighted by Crippen LogP contribution is 2.21. The van der Waals surface area contributed by atoms with E-state index in [0.29, 0.717) is 5.56 Å². The lowest BCUT2D eigenvalue weighted by Crippen LogP contribution is -2.00. The molecule has 2 aromatic carbocycles. The number of ketones is 1. The molecule has 3 rings (SSSR count). The van der Waals surface area contributed by atoms with Gasteiger partial charge in [-0.05, 0) is 17.2 Å². The van der Waals surface area contributed by atoms with Crippen LogP contribution in [0.1, 0.15) is 15.9 Å². The number of carbonyl (C=O) groups excluding carboxylic acids is 1. The van der Waals surface area contributed by atoms with Crippen LogP contribution in [-0.2, 0) is 0 Å². The van der Waals surface area contributed by atoms with E-state index in [-0.39, 0.29) is 11.7 Å². The molecule has 1 nitrogen and oxygen atoms in total. The highest BCUT2D eigenvalue weighted by molar-refractivity contribution is 6.04. The largest absolute Gasteiger partial charge is 0.289 e. The minimum absolute atomic E-state index is 0.0303. The first-order valence-corrected chi connectivity index (χ1v) is 8.39. The number of hydrogen-bond donors (Lipinski definition) is 0. The van der Waals surface area contributed by atoms with E-state index in [1.165, 1.54) is 5.56 Å². The van der Waals surface area contributed by atoms with Crippen LogP contribution in [0.3, 0.4) is 0 Å². The molecule has 0 bridgehead atoms. The Morgan fingerprint density at radius 3 is 2.36 bits per heavy atom. The van der Waals surface area contributed by atoms with Crippen molar-refractivity contribution in [3.05, 3.63) is 126 Å². The Labute approximate surface area is 149 Å². The molecule has 0 N–H and O–H groups in total. The first-order valence-electron chi connectivity index (χ1n) is 8.39. The van der Waals surface area contributed by atoms with Crippen LogP contribution in [0.15, 0.2) is 115 Å². The molecule has 0 fully saturated rings. The van der Waals surface area contributed by atoms with Crippen LogP contribution in [0.25, 0.3) is 6.08 Å². The Morgan fingerprint density at radius 1 is 0.880 bits per heavy atom. The predicted molar refractivity (Wildman–Crippen MR) is 105 cm³/mol. The van der Waals surface area contributed by atoms with Gasteiger partial charge in [0.25, 0.3) is 0 Å². The highest BCUT2D eigenvalue weighted by atomic mass is 16.1. The zero-order valence-corrected chi connectivity index (χ0v) is 14.0. The summed E-state index contributed by atoms with van der Waals surface area (Å²) in [5.41, 5.74) is 3.04. The van der Waals surface area contributed by atoms with Gasteiger partial charge in [-0.1, -0.05) is 109 Å². The van der Waals surface area contributed by atoms with Crippen molar-refractivity contribution >= 4 is 11.9 Å². The molecule has 0 amide bonds. The lowest BCUT2D eigenvalue weighted by molar-refractivity contribution is 0.104. The number of carbonyl (C=O) groups is 1. The van der Waals surface area contributed by atoms with E-state index in [9.17, 15) is 4.79 Å². The molecule has 0 saturated carbocycles. The van der Waals surface area contributed by atoms with Gasteiger partial charge in [0.1, 0.15) is 0 Å². The second kappa shape index (κ2) is 8.60. The second-order valence-electron chi connectivity index (χ2n) is 5.80. The van der Waals surface area contributed by atoms with Crippen molar-refractivity contribution in [3.8, 4) is 0 Å². The molecule has 25 heavy (non-hydrogen) atoms. The van der Waals surface area contributed by atoms with Crippen molar-refractivity contribution in [1.82, 2.24) is 0 Å². The van der Waals surface area contributed by atoms with Gasteiger partial charge in [-0.15, -0.1) is 0 Å². The maximum Gasteiger partial charge on any atom is 0.185 e. The first-order chi connectivity index (χ1) is 12.3. The average Bonchev–Trinajstić information content (AvgIpc) is 2.68. The molecule has 1 atom stereocenters. The van der Waals surface area contributed by atoms with E-state index in [1.807, 2.05) is 72.8 Å². The van der Waals surface area contributed by atoms with Crippen LogP contribution < -0.4 is 0 Å². The summed E-state index contributed by atoms with van der Waals surface area (Å²) in [6, 6.07) is 19.5. The molecule has 0 aliphatic heterocycles. The lowest BCUT2D eigenvalue weighted by Gasteiger charge is -2.12. The van der Waals surface area contributed by atoms with Crippen LogP contribution in [0.5, 0.6) is 0 Å². The Balaban J connectivity index is 1.71. The SMILES string of the molecule is O=C(C=CC1C=CC=CC1=CC=Cc1ccccc1)c1ccccc1. The summed E-state index contributed by atoms with van der Waals surface area (Å²) in [4.78, 5) is 12.2. The number of hydrogen-bond acceptors (Lipinski definition) is 1. The fraction of sp³-hybridized carbons (Fsp3) is 0.0417. The summed E-state index contributed by atoms with van der Waals surface area (Å²) in [6.07, 6.45) is 18.0. The van der Waals surface area contributed by atoms with Crippen molar-refractivity contribution in [2.24, 2.45) is 5.92 Å². The Bertz CT molecular complexity index is 849. The van der Waals surface area contributed by atoms with Crippen molar-refractivity contribution in [2.75, 3.05) is 0 Å². The van der Waals surface area contributed by atoms with Crippen LogP contribution >= 0.6 is 0 Å². The number of rotatable bonds is 5. The van der Waals surface area contributed by atoms with Gasteiger partial charge in [0.2, 0.25) is 0 Å². The summed E-state index contributed by atoms with van der Waals surface area (Å²) < 4.78 is 0. The molecule has 2 aromatic rings. The molecular formula is C24H20O. The van der Waals surface area contributed by atoms with Crippen LogP contribution in [0.2, 0.25) is 0 Å². The van der Waals surface area contributed by atoms with Crippen molar-refractivity contribution in [2.45, 2.75) is 0 Å². The Morgan fingerprint density at radius 2 is 1.60 bits per heavy atom. The van der Waals surface area contributed by atoms with Gasteiger partial charge < -0.3 is 0 Å². The van der Waals surface area contributed by atoms with Crippen LogP contribution in [-0.4, -0.2) is 5.78 Å². The van der Waals surface area contributed by atoms with Gasteiger partial charge in [0, 0.05) is 11.5 Å². The van der Waals surface area contributed by atoms with Gasteiger partial charge in [0.05, 0.1) is 0 Å². The first kappa shape index (κ1) is 16.7. The maximum absolute atomic E-state index is 12.2. The molecule has 1 aliphatic rings. The third-order valence-electron chi connectivity index (χ3n) is 3.99. The summed E-state index contributed by atoms with van der Waals surface area (Å²) in [6.45, 7) is 0. The minimum Gasteiger partial charge on any atom is -0.289 e. The topological polar surface area (TPSA) is 17.1 Å². The predicted octanol–water partition coefficient (Wildman–Crippen LogP) is 5.81. The smallest absolute Gasteiger partial charge is 0.185 e. The van der Waals surface area contributed by atoms with E-state index in [2.05, 4.69) is 36.4 Å². The fourth-order valence-corrected chi connectivity index (χ4v) is 2.64. The molecule has 1 heteroatoms. The molecule has 0 aromatic heterocycles. The van der Waals surface area contributed by atoms with E-state index in [0.717, 1.165) is 5.57 Å². The molecule has 1 aliphatic carbocycles. The molecule has 0 radical (unpaired) electrons. The van der Waals surface area contributed by atoms with Gasteiger partial charge in [-0.2, -0.15) is 0 Å². The van der Waals surface area contributed by atoms with Gasteiger partial charge >= 0.3 is 0 Å². The van der Waals surface area contributed by atoms with Crippen LogP contribution in [0, 0.1) is 5.92 Å². The van der Waals surface area contributed by atoms with E-state index in [4.69, 9.17) is 0 Å². The quantitative estimate of drug-likeness (QED) is 0.501. The lowest BCUT2D eigenvalue weighted by atomic mass is 9.93. The molecular weight excluding hydrogens is 304 g/mol. The standard InChI is InChI=1S/C24H20O/c25-24(23-15-5-2-6-16-23)19-18-22-14-8-7-13-21(22)17-9-12-20-10-3-1-4-11-20/h1-19,22H. The molecule has 0 heterocycles. The number of benzene rings is 2. The van der Waals surface area contributed by atoms with E-state index in [1.54, 1.807) is 6.08 Å². The zero-order chi connectivity index (χ0) is 17.3. The molecule has 0 spiro atoms. The summed E-state index contributed by atoms with van der Waals surface area (Å²) in [5.74, 6) is 0.140. The summed E-state index contributed by atoms with van der Waals surface area (Å²) >= 11 is 0. The van der Waals surface area contributed by atoms with E-state index < -0.39 is 0 Å². The molecule has 0 saturated heterocycles. The van der Waals surface area contributed by atoms with Crippen molar-refractivity contribution in [3.63, 3.8) is 0 Å². The van der Waals surface area contributed by atoms with Gasteiger partial charge in [-0.25, -0.2) is 0 Å². The maximum atomic E-state index is 12.2. The fourth-order valence-electron chi connectivity index (χ4n) is 2.64. The van der Waals surface area contributed by atoms with E-state index >= 15 is 0 Å². The normalized spacial score (nSPS) is 18.4. The zero-order valence-electron chi connectivity index (χ0n) is 14.0. The van der Waals surface area contributed by atoms with Gasteiger partial charge in [0.15, 0.2) is 5.78 Å². The highest BCUT2D eigenvalue weighted by Gasteiger charge is 2.08. The van der Waals surface area contributed by atoms with Gasteiger partial charge in [-0.3, -0.25) is 4.79 Å². The third kappa shape index (κ3) is 4.89. The average molecular weight is 324 g/mol. The van der Waals surface area contributed by atoms with Crippen LogP contribution in [0.4, 0.5) is 0 Å². The summed E-state index contributed by atoms with van der Waals surface area (Å²) in [7, 11) is 0. The minimum atomic E-state index is 0.0303. The number of allylic oxidation sites excluding steroid dienone is 9.